The molecule has 1 atom stereocenters. The summed E-state index contributed by atoms with van der Waals surface area (Å²) < 4.78 is 49.3. The van der Waals surface area contributed by atoms with Gasteiger partial charge in [-0.3, -0.25) is 0 Å². The molecule has 1 aromatic rings. The number of nitrogens with zero attached hydrogens (tertiary/aromatic N) is 1. The standard InChI is InChI=1S/C12H17NO4S2/c1-2-13(11-8-9-18(14,15)10-11)19(16,17)12-6-4-3-5-7-12/h3-7,11H,2,8-10H2,1H3/t11-/m0/s1. The van der Waals surface area contributed by atoms with Gasteiger partial charge in [-0.1, -0.05) is 25.1 Å². The zero-order chi connectivity index (χ0) is 14.1. The third-order valence-corrected chi connectivity index (χ3v) is 7.07. The Morgan fingerprint density at radius 3 is 2.37 bits per heavy atom. The molecule has 2 rings (SSSR count). The van der Waals surface area contributed by atoms with Gasteiger partial charge in [0.15, 0.2) is 9.84 Å². The summed E-state index contributed by atoms with van der Waals surface area (Å²) in [5.74, 6) is -0.00855. The Labute approximate surface area is 114 Å². The fourth-order valence-electron chi connectivity index (χ4n) is 2.35. The highest BCUT2D eigenvalue weighted by Crippen LogP contribution is 2.24. The molecule has 1 heterocycles. The second-order valence-electron chi connectivity index (χ2n) is 4.58. The molecule has 0 amide bonds. The Balaban J connectivity index is 2.33. The van der Waals surface area contributed by atoms with E-state index >= 15 is 0 Å². The number of sulfone groups is 1. The van der Waals surface area contributed by atoms with Crippen LogP contribution in [-0.2, 0) is 19.9 Å². The smallest absolute Gasteiger partial charge is 0.229 e. The summed E-state index contributed by atoms with van der Waals surface area (Å²) in [5, 5.41) is 0. The first-order chi connectivity index (χ1) is 8.87. The van der Waals surface area contributed by atoms with Crippen molar-refractivity contribution in [2.45, 2.75) is 24.3 Å². The first-order valence-corrected chi connectivity index (χ1v) is 9.40. The molecule has 7 heteroatoms. The molecule has 1 fully saturated rings. The molecule has 0 unspecified atom stereocenters. The first-order valence-electron chi connectivity index (χ1n) is 6.14. The highest BCUT2D eigenvalue weighted by atomic mass is 32.2. The van der Waals surface area contributed by atoms with Crippen molar-refractivity contribution in [1.29, 1.82) is 0 Å². The second-order valence-corrected chi connectivity index (χ2v) is 8.70. The Hall–Kier alpha value is -0.920. The highest BCUT2D eigenvalue weighted by Gasteiger charge is 2.37. The maximum Gasteiger partial charge on any atom is 0.243 e. The van der Waals surface area contributed by atoms with E-state index in [0.29, 0.717) is 6.42 Å². The van der Waals surface area contributed by atoms with Crippen molar-refractivity contribution < 1.29 is 16.8 Å². The minimum atomic E-state index is -3.62. The normalized spacial score (nSPS) is 22.7. The summed E-state index contributed by atoms with van der Waals surface area (Å²) in [7, 11) is -6.72. The van der Waals surface area contributed by atoms with E-state index in [-0.39, 0.29) is 22.9 Å². The molecule has 0 bridgehead atoms. The van der Waals surface area contributed by atoms with Crippen molar-refractivity contribution in [3.63, 3.8) is 0 Å². The van der Waals surface area contributed by atoms with Gasteiger partial charge >= 0.3 is 0 Å². The van der Waals surface area contributed by atoms with Gasteiger partial charge in [0, 0.05) is 12.6 Å². The van der Waals surface area contributed by atoms with Crippen LogP contribution < -0.4 is 0 Å². The molecular weight excluding hydrogens is 286 g/mol. The molecule has 0 N–H and O–H groups in total. The third-order valence-electron chi connectivity index (χ3n) is 3.28. The topological polar surface area (TPSA) is 71.5 Å². The Kier molecular flexibility index (Phi) is 3.98. The van der Waals surface area contributed by atoms with Gasteiger partial charge in [0.25, 0.3) is 0 Å². The molecule has 1 saturated heterocycles. The van der Waals surface area contributed by atoms with Crippen LogP contribution in [0.25, 0.3) is 0 Å². The van der Waals surface area contributed by atoms with E-state index in [2.05, 4.69) is 0 Å². The molecule has 106 valence electrons. The van der Waals surface area contributed by atoms with Gasteiger partial charge in [-0.05, 0) is 18.6 Å². The summed E-state index contributed by atoms with van der Waals surface area (Å²) in [5.41, 5.74) is 0. The summed E-state index contributed by atoms with van der Waals surface area (Å²) in [6.45, 7) is 2.00. The third kappa shape index (κ3) is 2.98. The van der Waals surface area contributed by atoms with Gasteiger partial charge < -0.3 is 0 Å². The molecule has 0 radical (unpaired) electrons. The molecule has 0 saturated carbocycles. The van der Waals surface area contributed by atoms with E-state index < -0.39 is 25.9 Å². The molecule has 19 heavy (non-hydrogen) atoms. The van der Waals surface area contributed by atoms with Crippen molar-refractivity contribution in [3.05, 3.63) is 30.3 Å². The largest absolute Gasteiger partial charge is 0.243 e. The molecule has 0 spiro atoms. The van der Waals surface area contributed by atoms with Crippen LogP contribution in [0.5, 0.6) is 0 Å². The fourth-order valence-corrected chi connectivity index (χ4v) is 5.86. The lowest BCUT2D eigenvalue weighted by Crippen LogP contribution is -2.40. The van der Waals surface area contributed by atoms with E-state index in [9.17, 15) is 16.8 Å². The SMILES string of the molecule is CCN([C@H]1CCS(=O)(=O)C1)S(=O)(=O)c1ccccc1. The predicted molar refractivity (Wildman–Crippen MR) is 73.1 cm³/mol. The minimum absolute atomic E-state index is 0.0679. The first kappa shape index (κ1) is 14.5. The van der Waals surface area contributed by atoms with Gasteiger partial charge in [-0.25, -0.2) is 16.8 Å². The summed E-state index contributed by atoms with van der Waals surface area (Å²) in [6, 6.07) is 7.68. The number of benzene rings is 1. The van der Waals surface area contributed by atoms with Gasteiger partial charge in [0.1, 0.15) is 0 Å². The monoisotopic (exact) mass is 303 g/mol. The van der Waals surface area contributed by atoms with Gasteiger partial charge in [0.2, 0.25) is 10.0 Å². The van der Waals surface area contributed by atoms with Crippen LogP contribution >= 0.6 is 0 Å². The number of hydrogen-bond donors (Lipinski definition) is 0. The van der Waals surface area contributed by atoms with Crippen LogP contribution in [0.2, 0.25) is 0 Å². The van der Waals surface area contributed by atoms with Crippen LogP contribution in [0.15, 0.2) is 35.2 Å². The number of hydrogen-bond acceptors (Lipinski definition) is 4. The van der Waals surface area contributed by atoms with Crippen molar-refractivity contribution in [1.82, 2.24) is 4.31 Å². The molecule has 0 aliphatic carbocycles. The lowest BCUT2D eigenvalue weighted by Gasteiger charge is -2.25. The average Bonchev–Trinajstić information content (AvgIpc) is 2.71. The molecular formula is C12H17NO4S2. The van der Waals surface area contributed by atoms with E-state index in [4.69, 9.17) is 0 Å². The minimum Gasteiger partial charge on any atom is -0.229 e. The zero-order valence-electron chi connectivity index (χ0n) is 10.7. The molecule has 5 nitrogen and oxygen atoms in total. The van der Waals surface area contributed by atoms with Crippen molar-refractivity contribution in [2.24, 2.45) is 0 Å². The van der Waals surface area contributed by atoms with Crippen LogP contribution in [-0.4, -0.2) is 45.2 Å². The Morgan fingerprint density at radius 1 is 1.26 bits per heavy atom. The van der Waals surface area contributed by atoms with Crippen LogP contribution in [0.3, 0.4) is 0 Å². The van der Waals surface area contributed by atoms with Crippen LogP contribution in [0.1, 0.15) is 13.3 Å². The lowest BCUT2D eigenvalue weighted by molar-refractivity contribution is 0.354. The predicted octanol–water partition coefficient (Wildman–Crippen LogP) is 0.884. The fraction of sp³-hybridized carbons (Fsp3) is 0.500. The summed E-state index contributed by atoms with van der Waals surface area (Å²) in [4.78, 5) is 0.209. The lowest BCUT2D eigenvalue weighted by atomic mass is 10.3. The van der Waals surface area contributed by atoms with E-state index in [0.717, 1.165) is 0 Å². The second kappa shape index (κ2) is 5.22. The Morgan fingerprint density at radius 2 is 1.89 bits per heavy atom. The quantitative estimate of drug-likeness (QED) is 0.828. The molecule has 1 aliphatic heterocycles. The maximum atomic E-state index is 12.5. The number of rotatable bonds is 4. The molecule has 1 aliphatic rings. The average molecular weight is 303 g/mol. The Bertz CT molecular complexity index is 638. The van der Waals surface area contributed by atoms with Gasteiger partial charge in [-0.15, -0.1) is 0 Å². The van der Waals surface area contributed by atoms with Gasteiger partial charge in [-0.2, -0.15) is 4.31 Å². The van der Waals surface area contributed by atoms with Gasteiger partial charge in [0.05, 0.1) is 16.4 Å². The van der Waals surface area contributed by atoms with E-state index in [1.807, 2.05) is 0 Å². The molecule has 1 aromatic carbocycles. The number of sulfonamides is 1. The molecule has 0 aromatic heterocycles. The van der Waals surface area contributed by atoms with Crippen molar-refractivity contribution in [3.8, 4) is 0 Å². The summed E-state index contributed by atoms with van der Waals surface area (Å²) in [6.07, 6.45) is 0.377. The van der Waals surface area contributed by atoms with Crippen molar-refractivity contribution >= 4 is 19.9 Å². The zero-order valence-corrected chi connectivity index (χ0v) is 12.3. The van der Waals surface area contributed by atoms with E-state index in [1.54, 1.807) is 25.1 Å². The highest BCUT2D eigenvalue weighted by molar-refractivity contribution is 7.92. The van der Waals surface area contributed by atoms with Crippen molar-refractivity contribution in [2.75, 3.05) is 18.1 Å². The van der Waals surface area contributed by atoms with E-state index in [1.165, 1.54) is 16.4 Å². The maximum absolute atomic E-state index is 12.5. The summed E-state index contributed by atoms with van der Waals surface area (Å²) >= 11 is 0. The van der Waals surface area contributed by atoms with Crippen LogP contribution in [0.4, 0.5) is 0 Å². The van der Waals surface area contributed by atoms with Crippen LogP contribution in [0, 0.1) is 0 Å².